The molecule has 0 saturated carbocycles. The number of nitro groups is 1. The molecule has 1 atom stereocenters. The Morgan fingerprint density at radius 3 is 2.52 bits per heavy atom. The predicted molar refractivity (Wildman–Crippen MR) is 72.9 cm³/mol. The minimum atomic E-state index is -3.82. The Morgan fingerprint density at radius 2 is 2.05 bits per heavy atom. The van der Waals surface area contributed by atoms with Gasteiger partial charge in [-0.2, -0.15) is 4.31 Å². The van der Waals surface area contributed by atoms with Crippen LogP contribution < -0.4 is 5.48 Å². The Labute approximate surface area is 121 Å². The van der Waals surface area contributed by atoms with Gasteiger partial charge in [0.25, 0.3) is 11.6 Å². The number of amides is 1. The predicted octanol–water partition coefficient (Wildman–Crippen LogP) is 0.250. The van der Waals surface area contributed by atoms with E-state index in [0.717, 1.165) is 10.6 Å². The van der Waals surface area contributed by atoms with Gasteiger partial charge in [0.15, 0.2) is 0 Å². The third-order valence-corrected chi connectivity index (χ3v) is 4.16. The van der Waals surface area contributed by atoms with Gasteiger partial charge in [-0.15, -0.1) is 0 Å². The number of sulfonamides is 1. The van der Waals surface area contributed by atoms with Gasteiger partial charge in [0.1, 0.15) is 6.04 Å². The number of rotatable bonds is 6. The van der Waals surface area contributed by atoms with Crippen molar-refractivity contribution in [1.82, 2.24) is 9.79 Å². The van der Waals surface area contributed by atoms with Crippen LogP contribution in [0.3, 0.4) is 0 Å². The zero-order chi connectivity index (χ0) is 16.2. The van der Waals surface area contributed by atoms with Crippen molar-refractivity contribution in [3.63, 3.8) is 0 Å². The quantitative estimate of drug-likeness (QED) is 0.439. The highest BCUT2D eigenvalue weighted by Crippen LogP contribution is 2.22. The van der Waals surface area contributed by atoms with E-state index in [1.54, 1.807) is 0 Å². The van der Waals surface area contributed by atoms with Crippen LogP contribution in [0.25, 0.3) is 0 Å². The molecular formula is C11H15N3O6S. The number of hydrogen-bond donors (Lipinski definition) is 2. The molecule has 0 aliphatic rings. The largest absolute Gasteiger partial charge is 0.289 e. The van der Waals surface area contributed by atoms with Gasteiger partial charge in [0, 0.05) is 18.2 Å². The summed E-state index contributed by atoms with van der Waals surface area (Å²) in [6.45, 7) is 0.909. The molecule has 0 bridgehead atoms. The van der Waals surface area contributed by atoms with E-state index < -0.39 is 26.9 Å². The maximum atomic E-state index is 11.8. The third-order valence-electron chi connectivity index (χ3n) is 2.86. The van der Waals surface area contributed by atoms with Gasteiger partial charge in [0.05, 0.1) is 11.2 Å². The second-order valence-corrected chi connectivity index (χ2v) is 6.28. The first kappa shape index (κ1) is 17.0. The zero-order valence-electron chi connectivity index (χ0n) is 11.4. The van der Waals surface area contributed by atoms with Crippen LogP contribution in [0.15, 0.2) is 24.3 Å². The molecule has 1 amide bonds. The number of benzene rings is 1. The fourth-order valence-corrected chi connectivity index (χ4v) is 2.80. The summed E-state index contributed by atoms with van der Waals surface area (Å²) in [5, 5.41) is 19.5. The molecule has 0 spiro atoms. The minimum Gasteiger partial charge on any atom is -0.289 e. The van der Waals surface area contributed by atoms with Crippen LogP contribution in [0.4, 0.5) is 5.69 Å². The van der Waals surface area contributed by atoms with Crippen LogP contribution in [-0.4, -0.2) is 41.1 Å². The molecule has 0 saturated heterocycles. The molecule has 0 radical (unpaired) electrons. The second-order valence-electron chi connectivity index (χ2n) is 4.35. The van der Waals surface area contributed by atoms with Crippen LogP contribution in [0.2, 0.25) is 0 Å². The molecule has 0 aliphatic heterocycles. The summed E-state index contributed by atoms with van der Waals surface area (Å²) in [5.74, 6) is -0.931. The Kier molecular flexibility index (Phi) is 5.35. The number of hydrogen-bond acceptors (Lipinski definition) is 6. The lowest BCUT2D eigenvalue weighted by Crippen LogP contribution is -2.46. The first-order chi connectivity index (χ1) is 9.68. The second kappa shape index (κ2) is 6.61. The molecule has 0 aliphatic carbocycles. The van der Waals surface area contributed by atoms with Crippen molar-refractivity contribution in [1.29, 1.82) is 0 Å². The van der Waals surface area contributed by atoms with Gasteiger partial charge < -0.3 is 0 Å². The molecule has 10 heteroatoms. The summed E-state index contributed by atoms with van der Waals surface area (Å²) >= 11 is 0. The van der Waals surface area contributed by atoms with E-state index in [4.69, 9.17) is 5.21 Å². The molecule has 2 N–H and O–H groups in total. The lowest BCUT2D eigenvalue weighted by Gasteiger charge is -2.25. The molecule has 1 aromatic rings. The third kappa shape index (κ3) is 4.21. The van der Waals surface area contributed by atoms with Crippen molar-refractivity contribution < 1.29 is 23.3 Å². The number of carbonyl (C=O) groups excluding carboxylic acids is 1. The first-order valence-corrected chi connectivity index (χ1v) is 7.66. The molecule has 0 aromatic heterocycles. The van der Waals surface area contributed by atoms with Gasteiger partial charge in [-0.1, -0.05) is 18.2 Å². The molecule has 0 heterocycles. The molecule has 0 fully saturated rings. The summed E-state index contributed by atoms with van der Waals surface area (Å²) in [6, 6.07) is 4.41. The molecule has 1 aromatic carbocycles. The van der Waals surface area contributed by atoms with E-state index >= 15 is 0 Å². The standard InChI is InChI=1S/C11H15N3O6S/c1-8(11(15)12-16)13(21(2,19)20)7-9-5-3-4-6-10(9)14(17)18/h3-6,8,16H,7H2,1-2H3,(H,12,15)/t8-/m0/s1. The lowest BCUT2D eigenvalue weighted by atomic mass is 10.1. The normalized spacial score (nSPS) is 13.0. The average Bonchev–Trinajstić information content (AvgIpc) is 2.42. The highest BCUT2D eigenvalue weighted by molar-refractivity contribution is 7.88. The fraction of sp³-hybridized carbons (Fsp3) is 0.364. The van der Waals surface area contributed by atoms with Crippen molar-refractivity contribution in [2.75, 3.05) is 6.26 Å². The van der Waals surface area contributed by atoms with Crippen molar-refractivity contribution in [2.45, 2.75) is 19.5 Å². The summed E-state index contributed by atoms with van der Waals surface area (Å²) in [6.07, 6.45) is 0.878. The number of carbonyl (C=O) groups is 1. The van der Waals surface area contributed by atoms with Crippen LogP contribution in [0.1, 0.15) is 12.5 Å². The molecule has 1 rings (SSSR count). The average molecular weight is 317 g/mol. The van der Waals surface area contributed by atoms with Gasteiger partial charge >= 0.3 is 0 Å². The zero-order valence-corrected chi connectivity index (χ0v) is 12.2. The van der Waals surface area contributed by atoms with E-state index in [1.165, 1.54) is 36.7 Å². The number of nitro benzene ring substituents is 1. The van der Waals surface area contributed by atoms with E-state index in [-0.39, 0.29) is 17.8 Å². The number of nitrogens with one attached hydrogen (secondary N) is 1. The number of hydroxylamine groups is 1. The Bertz CT molecular complexity index is 645. The molecular weight excluding hydrogens is 302 g/mol. The SMILES string of the molecule is C[C@@H](C(=O)NO)N(Cc1ccccc1[N+](=O)[O-])S(C)(=O)=O. The van der Waals surface area contributed by atoms with Crippen LogP contribution >= 0.6 is 0 Å². The van der Waals surface area contributed by atoms with Crippen LogP contribution in [0.5, 0.6) is 0 Å². The van der Waals surface area contributed by atoms with Gasteiger partial charge in [-0.3, -0.25) is 20.1 Å². The smallest absolute Gasteiger partial charge is 0.273 e. The van der Waals surface area contributed by atoms with Crippen molar-refractivity contribution >= 4 is 21.6 Å². The lowest BCUT2D eigenvalue weighted by molar-refractivity contribution is -0.385. The van der Waals surface area contributed by atoms with Crippen molar-refractivity contribution in [3.8, 4) is 0 Å². The highest BCUT2D eigenvalue weighted by Gasteiger charge is 2.30. The molecule has 21 heavy (non-hydrogen) atoms. The Hall–Kier alpha value is -2.04. The van der Waals surface area contributed by atoms with Gasteiger partial charge in [0.2, 0.25) is 10.0 Å². The Balaban J connectivity index is 3.21. The van der Waals surface area contributed by atoms with Crippen LogP contribution in [0, 0.1) is 10.1 Å². The molecule has 0 unspecified atom stereocenters. The minimum absolute atomic E-state index is 0.144. The summed E-state index contributed by atoms with van der Waals surface area (Å²) in [7, 11) is -3.82. The first-order valence-electron chi connectivity index (χ1n) is 5.81. The van der Waals surface area contributed by atoms with E-state index in [0.29, 0.717) is 0 Å². The number of para-hydroxylation sites is 1. The number of nitrogens with zero attached hydrogens (tertiary/aromatic N) is 2. The van der Waals surface area contributed by atoms with Gasteiger partial charge in [-0.25, -0.2) is 13.9 Å². The monoisotopic (exact) mass is 317 g/mol. The molecule has 9 nitrogen and oxygen atoms in total. The van der Waals surface area contributed by atoms with E-state index in [9.17, 15) is 23.3 Å². The summed E-state index contributed by atoms with van der Waals surface area (Å²) in [4.78, 5) is 21.7. The van der Waals surface area contributed by atoms with E-state index in [1.807, 2.05) is 0 Å². The van der Waals surface area contributed by atoms with Crippen LogP contribution in [-0.2, 0) is 21.4 Å². The fourth-order valence-electron chi connectivity index (χ4n) is 1.76. The van der Waals surface area contributed by atoms with Crippen molar-refractivity contribution in [3.05, 3.63) is 39.9 Å². The Morgan fingerprint density at radius 1 is 1.48 bits per heavy atom. The van der Waals surface area contributed by atoms with Crippen molar-refractivity contribution in [2.24, 2.45) is 0 Å². The van der Waals surface area contributed by atoms with E-state index in [2.05, 4.69) is 0 Å². The molecule has 116 valence electrons. The van der Waals surface area contributed by atoms with Gasteiger partial charge in [-0.05, 0) is 6.92 Å². The maximum absolute atomic E-state index is 11.8. The maximum Gasteiger partial charge on any atom is 0.273 e. The highest BCUT2D eigenvalue weighted by atomic mass is 32.2. The topological polar surface area (TPSA) is 130 Å². The summed E-state index contributed by atoms with van der Waals surface area (Å²) < 4.78 is 24.3. The summed E-state index contributed by atoms with van der Waals surface area (Å²) in [5.41, 5.74) is 1.26.